The van der Waals surface area contributed by atoms with Crippen LogP contribution < -0.4 is 0 Å². The van der Waals surface area contributed by atoms with Crippen molar-refractivity contribution in [2.45, 2.75) is 39.4 Å². The zero-order valence-corrected chi connectivity index (χ0v) is 13.1. The average molecular weight is 287 g/mol. The third kappa shape index (κ3) is 4.41. The molecular formula is C14H25NO3S. The van der Waals surface area contributed by atoms with E-state index in [0.29, 0.717) is 19.5 Å². The normalized spacial score (nSPS) is 25.4. The number of carbonyl (C=O) groups excluding carboxylic acids is 1. The lowest BCUT2D eigenvalue weighted by molar-refractivity contribution is -0.146. The number of likely N-dealkylation sites (tertiary alicyclic amines) is 1. The van der Waals surface area contributed by atoms with Gasteiger partial charge in [-0.2, -0.15) is 0 Å². The van der Waals surface area contributed by atoms with Gasteiger partial charge in [-0.05, 0) is 24.0 Å². The first kappa shape index (κ1) is 16.3. The van der Waals surface area contributed by atoms with Gasteiger partial charge in [0.2, 0.25) is 5.91 Å². The zero-order valence-electron chi connectivity index (χ0n) is 12.3. The summed E-state index contributed by atoms with van der Waals surface area (Å²) < 4.78 is 0. The standard InChI is InChI=1S/C14H25NO3S/c1-5-19-12(9(2)3)13(16)15-7-10(4)6-11(8-15)14(17)18/h9-12H,5-8H2,1-4H3,(H,17,18). The van der Waals surface area contributed by atoms with Gasteiger partial charge in [0.05, 0.1) is 11.2 Å². The minimum absolute atomic E-state index is 0.0512. The monoisotopic (exact) mass is 287 g/mol. The van der Waals surface area contributed by atoms with Crippen molar-refractivity contribution in [2.75, 3.05) is 18.8 Å². The predicted molar refractivity (Wildman–Crippen MR) is 78.2 cm³/mol. The predicted octanol–water partition coefficient (Wildman–Crippen LogP) is 2.33. The molecule has 1 amide bonds. The number of carboxylic acids is 1. The van der Waals surface area contributed by atoms with E-state index in [0.717, 1.165) is 5.75 Å². The van der Waals surface area contributed by atoms with Crippen molar-refractivity contribution in [1.29, 1.82) is 0 Å². The summed E-state index contributed by atoms with van der Waals surface area (Å²) in [6, 6.07) is 0. The molecule has 0 aromatic heterocycles. The Morgan fingerprint density at radius 2 is 2.00 bits per heavy atom. The minimum atomic E-state index is -0.784. The Morgan fingerprint density at radius 1 is 1.37 bits per heavy atom. The molecule has 0 radical (unpaired) electrons. The second-order valence-corrected chi connectivity index (χ2v) is 7.16. The number of hydrogen-bond donors (Lipinski definition) is 1. The maximum absolute atomic E-state index is 12.6. The van der Waals surface area contributed by atoms with Gasteiger partial charge in [-0.15, -0.1) is 11.8 Å². The highest BCUT2D eigenvalue weighted by Gasteiger charge is 2.35. The lowest BCUT2D eigenvalue weighted by atomic mass is 9.90. The van der Waals surface area contributed by atoms with Crippen molar-refractivity contribution in [3.8, 4) is 0 Å². The molecule has 1 rings (SSSR count). The Kier molecular flexibility index (Phi) is 6.17. The van der Waals surface area contributed by atoms with E-state index >= 15 is 0 Å². The summed E-state index contributed by atoms with van der Waals surface area (Å²) in [5.74, 6) is 0.358. The molecule has 4 nitrogen and oxygen atoms in total. The van der Waals surface area contributed by atoms with Crippen molar-refractivity contribution >= 4 is 23.6 Å². The number of carboxylic acid groups (broad SMARTS) is 1. The third-order valence-electron chi connectivity index (χ3n) is 3.52. The van der Waals surface area contributed by atoms with Gasteiger partial charge in [-0.1, -0.05) is 27.7 Å². The van der Waals surface area contributed by atoms with Crippen LogP contribution >= 0.6 is 11.8 Å². The maximum Gasteiger partial charge on any atom is 0.308 e. The highest BCUT2D eigenvalue weighted by atomic mass is 32.2. The van der Waals surface area contributed by atoms with E-state index < -0.39 is 11.9 Å². The van der Waals surface area contributed by atoms with Crippen molar-refractivity contribution in [2.24, 2.45) is 17.8 Å². The largest absolute Gasteiger partial charge is 0.481 e. The number of amides is 1. The lowest BCUT2D eigenvalue weighted by Gasteiger charge is -2.37. The first-order valence-electron chi connectivity index (χ1n) is 7.00. The molecular weight excluding hydrogens is 262 g/mol. The SMILES string of the molecule is CCSC(C(=O)N1CC(C)CC(C(=O)O)C1)C(C)C. The minimum Gasteiger partial charge on any atom is -0.481 e. The van der Waals surface area contributed by atoms with E-state index in [9.17, 15) is 9.59 Å². The fraction of sp³-hybridized carbons (Fsp3) is 0.857. The molecule has 110 valence electrons. The van der Waals surface area contributed by atoms with Crippen LogP contribution in [0.25, 0.3) is 0 Å². The summed E-state index contributed by atoms with van der Waals surface area (Å²) in [6.07, 6.45) is 0.673. The summed E-state index contributed by atoms with van der Waals surface area (Å²) in [5.41, 5.74) is 0. The number of carbonyl (C=O) groups is 2. The van der Waals surface area contributed by atoms with E-state index in [2.05, 4.69) is 0 Å². The third-order valence-corrected chi connectivity index (χ3v) is 4.95. The molecule has 0 saturated carbocycles. The van der Waals surface area contributed by atoms with Crippen LogP contribution in [0, 0.1) is 17.8 Å². The van der Waals surface area contributed by atoms with Gasteiger partial charge in [-0.25, -0.2) is 0 Å². The van der Waals surface area contributed by atoms with Crippen LogP contribution in [0.15, 0.2) is 0 Å². The van der Waals surface area contributed by atoms with E-state index in [1.54, 1.807) is 16.7 Å². The van der Waals surface area contributed by atoms with Crippen LogP contribution in [0.5, 0.6) is 0 Å². The second-order valence-electron chi connectivity index (χ2n) is 5.74. The van der Waals surface area contributed by atoms with Gasteiger partial charge in [-0.3, -0.25) is 9.59 Å². The number of thioether (sulfide) groups is 1. The van der Waals surface area contributed by atoms with Crippen LogP contribution in [0.3, 0.4) is 0 Å². The van der Waals surface area contributed by atoms with E-state index in [4.69, 9.17) is 5.11 Å². The molecule has 1 aliphatic rings. The van der Waals surface area contributed by atoms with Crippen LogP contribution in [-0.2, 0) is 9.59 Å². The Balaban J connectivity index is 2.76. The molecule has 1 N–H and O–H groups in total. The van der Waals surface area contributed by atoms with Gasteiger partial charge in [0, 0.05) is 13.1 Å². The van der Waals surface area contributed by atoms with Crippen LogP contribution in [0.4, 0.5) is 0 Å². The highest BCUT2D eigenvalue weighted by Crippen LogP contribution is 2.27. The van der Waals surface area contributed by atoms with Gasteiger partial charge in [0.1, 0.15) is 0 Å². The first-order chi connectivity index (χ1) is 8.86. The molecule has 1 aliphatic heterocycles. The first-order valence-corrected chi connectivity index (χ1v) is 8.04. The van der Waals surface area contributed by atoms with Gasteiger partial charge >= 0.3 is 5.97 Å². The number of rotatable bonds is 5. The topological polar surface area (TPSA) is 57.6 Å². The second kappa shape index (κ2) is 7.17. The van der Waals surface area contributed by atoms with Crippen LogP contribution in [0.2, 0.25) is 0 Å². The average Bonchev–Trinajstić information content (AvgIpc) is 2.33. The Labute approximate surface area is 119 Å². The quantitative estimate of drug-likeness (QED) is 0.843. The summed E-state index contributed by atoms with van der Waals surface area (Å²) in [4.78, 5) is 25.5. The van der Waals surface area contributed by atoms with Gasteiger partial charge < -0.3 is 10.0 Å². The molecule has 3 atom stereocenters. The number of aliphatic carboxylic acids is 1. The Bertz CT molecular complexity index is 333. The summed E-state index contributed by atoms with van der Waals surface area (Å²) >= 11 is 1.66. The van der Waals surface area contributed by atoms with E-state index in [1.807, 2.05) is 27.7 Å². The Hall–Kier alpha value is -0.710. The highest BCUT2D eigenvalue weighted by molar-refractivity contribution is 8.00. The molecule has 19 heavy (non-hydrogen) atoms. The molecule has 0 aliphatic carbocycles. The number of nitrogens with zero attached hydrogens (tertiary/aromatic N) is 1. The van der Waals surface area contributed by atoms with E-state index in [-0.39, 0.29) is 23.0 Å². The van der Waals surface area contributed by atoms with Crippen molar-refractivity contribution in [3.05, 3.63) is 0 Å². The molecule has 1 fully saturated rings. The van der Waals surface area contributed by atoms with Gasteiger partial charge in [0.25, 0.3) is 0 Å². The molecule has 5 heteroatoms. The number of piperidine rings is 1. The molecule has 0 spiro atoms. The van der Waals surface area contributed by atoms with E-state index in [1.165, 1.54) is 0 Å². The maximum atomic E-state index is 12.6. The Morgan fingerprint density at radius 3 is 2.47 bits per heavy atom. The summed E-state index contributed by atoms with van der Waals surface area (Å²) in [6.45, 7) is 9.22. The molecule has 0 bridgehead atoms. The lowest BCUT2D eigenvalue weighted by Crippen LogP contribution is -2.49. The van der Waals surface area contributed by atoms with Crippen LogP contribution in [0.1, 0.15) is 34.1 Å². The molecule has 1 heterocycles. The van der Waals surface area contributed by atoms with Crippen LogP contribution in [-0.4, -0.2) is 46.0 Å². The fourth-order valence-electron chi connectivity index (χ4n) is 2.62. The van der Waals surface area contributed by atoms with Crippen molar-refractivity contribution < 1.29 is 14.7 Å². The fourth-order valence-corrected chi connectivity index (χ4v) is 3.65. The molecule has 0 aromatic rings. The van der Waals surface area contributed by atoms with Crippen molar-refractivity contribution in [1.82, 2.24) is 4.90 Å². The molecule has 1 saturated heterocycles. The molecule has 3 unspecified atom stereocenters. The number of hydrogen-bond acceptors (Lipinski definition) is 3. The van der Waals surface area contributed by atoms with Crippen molar-refractivity contribution in [3.63, 3.8) is 0 Å². The molecule has 0 aromatic carbocycles. The zero-order chi connectivity index (χ0) is 14.6. The smallest absolute Gasteiger partial charge is 0.308 e. The summed E-state index contributed by atoms with van der Waals surface area (Å²) in [7, 11) is 0. The van der Waals surface area contributed by atoms with Gasteiger partial charge in [0.15, 0.2) is 0 Å². The summed E-state index contributed by atoms with van der Waals surface area (Å²) in [5, 5.41) is 9.11.